The van der Waals surface area contributed by atoms with Crippen LogP contribution in [0.25, 0.3) is 0 Å². The van der Waals surface area contributed by atoms with Crippen LogP contribution in [-0.4, -0.2) is 0 Å². The van der Waals surface area contributed by atoms with E-state index in [4.69, 9.17) is 0 Å². The summed E-state index contributed by atoms with van der Waals surface area (Å²) in [5.41, 5.74) is 1.65. The van der Waals surface area contributed by atoms with Gasteiger partial charge in [-0.1, -0.05) is 13.3 Å². The zero-order valence-electron chi connectivity index (χ0n) is 13.4. The lowest BCUT2D eigenvalue weighted by molar-refractivity contribution is -0.0603. The van der Waals surface area contributed by atoms with E-state index < -0.39 is 0 Å². The van der Waals surface area contributed by atoms with E-state index in [1.54, 1.807) is 77.0 Å². The molecule has 6 atom stereocenters. The Kier molecular flexibility index (Phi) is 2.54. The maximum absolute atomic E-state index is 2.65. The average Bonchev–Trinajstić information content (AvgIpc) is 3.07. The standard InChI is InChI=1S/C20H32/c1-19-8-2-3-18(19)16-5-4-14-6-10-20(11-12-20)13-17(14)15(16)7-9-19/h14-18H,2-13H2,1H3/t14?,15-,16+,17-,18-,19-/m0/s1. The summed E-state index contributed by atoms with van der Waals surface area (Å²) in [6.45, 7) is 2.65. The molecule has 0 bridgehead atoms. The Bertz CT molecular complexity index is 404. The molecule has 1 spiro atoms. The largest absolute Gasteiger partial charge is 0.0594 e. The smallest absolute Gasteiger partial charge is 0.0294 e. The summed E-state index contributed by atoms with van der Waals surface area (Å²) in [6, 6.07) is 0. The van der Waals surface area contributed by atoms with Crippen molar-refractivity contribution in [1.29, 1.82) is 0 Å². The van der Waals surface area contributed by atoms with E-state index in [-0.39, 0.29) is 0 Å². The molecule has 112 valence electrons. The molecule has 0 aliphatic heterocycles. The van der Waals surface area contributed by atoms with E-state index in [1.807, 2.05) is 0 Å². The van der Waals surface area contributed by atoms with Crippen LogP contribution in [0.15, 0.2) is 0 Å². The van der Waals surface area contributed by atoms with Crippen molar-refractivity contribution in [3.05, 3.63) is 0 Å². The SMILES string of the molecule is C[C@@]12CCC[C@H]1[C@@H]1CCC3CCC4(CC4)C[C@@H]3[C@H]1CC2. The van der Waals surface area contributed by atoms with Crippen LogP contribution in [0, 0.1) is 40.4 Å². The molecule has 0 amide bonds. The fourth-order valence-corrected chi connectivity index (χ4v) is 7.63. The van der Waals surface area contributed by atoms with Gasteiger partial charge in [0, 0.05) is 0 Å². The number of hydrogen-bond donors (Lipinski definition) is 0. The molecular weight excluding hydrogens is 240 g/mol. The number of rotatable bonds is 0. The maximum atomic E-state index is 2.65. The Morgan fingerprint density at radius 1 is 0.700 bits per heavy atom. The highest BCUT2D eigenvalue weighted by molar-refractivity contribution is 5.07. The van der Waals surface area contributed by atoms with Crippen LogP contribution in [0.5, 0.6) is 0 Å². The first kappa shape index (κ1) is 12.5. The minimum atomic E-state index is 0.764. The van der Waals surface area contributed by atoms with Gasteiger partial charge in [0.05, 0.1) is 0 Å². The lowest BCUT2D eigenvalue weighted by atomic mass is 9.50. The Balaban J connectivity index is 1.42. The summed E-state index contributed by atoms with van der Waals surface area (Å²) < 4.78 is 0. The third kappa shape index (κ3) is 1.66. The van der Waals surface area contributed by atoms with E-state index in [0.717, 1.165) is 40.4 Å². The first-order valence-electron chi connectivity index (χ1n) is 9.69. The van der Waals surface area contributed by atoms with Gasteiger partial charge in [0.15, 0.2) is 0 Å². The van der Waals surface area contributed by atoms with Crippen LogP contribution in [0.2, 0.25) is 0 Å². The molecule has 0 nitrogen and oxygen atoms in total. The summed E-state index contributed by atoms with van der Waals surface area (Å²) >= 11 is 0. The molecule has 20 heavy (non-hydrogen) atoms. The topological polar surface area (TPSA) is 0 Å². The second-order valence-electron chi connectivity index (χ2n) is 9.76. The van der Waals surface area contributed by atoms with Gasteiger partial charge in [-0.05, 0) is 111 Å². The molecule has 5 aliphatic carbocycles. The molecule has 0 saturated heterocycles. The molecule has 1 unspecified atom stereocenters. The fraction of sp³-hybridized carbons (Fsp3) is 1.00. The fourth-order valence-electron chi connectivity index (χ4n) is 7.63. The molecule has 0 heterocycles. The van der Waals surface area contributed by atoms with Crippen LogP contribution < -0.4 is 0 Å². The van der Waals surface area contributed by atoms with Crippen LogP contribution in [0.4, 0.5) is 0 Å². The van der Waals surface area contributed by atoms with Crippen molar-refractivity contribution in [1.82, 2.24) is 0 Å². The van der Waals surface area contributed by atoms with E-state index in [0.29, 0.717) is 0 Å². The Hall–Kier alpha value is 0. The summed E-state index contributed by atoms with van der Waals surface area (Å²) in [4.78, 5) is 0. The maximum Gasteiger partial charge on any atom is -0.0294 e. The van der Waals surface area contributed by atoms with Gasteiger partial charge in [0.2, 0.25) is 0 Å². The van der Waals surface area contributed by atoms with E-state index in [2.05, 4.69) is 6.92 Å². The number of fused-ring (bicyclic) bond motifs is 5. The highest BCUT2D eigenvalue weighted by Gasteiger charge is 2.57. The van der Waals surface area contributed by atoms with Gasteiger partial charge in [-0.15, -0.1) is 0 Å². The molecule has 0 heteroatoms. The van der Waals surface area contributed by atoms with Crippen molar-refractivity contribution >= 4 is 0 Å². The summed E-state index contributed by atoms with van der Waals surface area (Å²) in [6.07, 6.45) is 19.1. The van der Waals surface area contributed by atoms with E-state index in [9.17, 15) is 0 Å². The minimum Gasteiger partial charge on any atom is -0.0594 e. The highest BCUT2D eigenvalue weighted by Crippen LogP contribution is 2.67. The predicted octanol–water partition coefficient (Wildman–Crippen LogP) is 5.81. The van der Waals surface area contributed by atoms with E-state index >= 15 is 0 Å². The second-order valence-corrected chi connectivity index (χ2v) is 9.76. The van der Waals surface area contributed by atoms with Gasteiger partial charge in [-0.2, -0.15) is 0 Å². The molecule has 5 saturated carbocycles. The molecule has 0 aromatic heterocycles. The molecule has 0 aromatic rings. The summed E-state index contributed by atoms with van der Waals surface area (Å²) in [5, 5.41) is 0. The van der Waals surface area contributed by atoms with Gasteiger partial charge in [0.25, 0.3) is 0 Å². The van der Waals surface area contributed by atoms with Gasteiger partial charge < -0.3 is 0 Å². The van der Waals surface area contributed by atoms with Crippen molar-refractivity contribution in [3.63, 3.8) is 0 Å². The monoisotopic (exact) mass is 272 g/mol. The number of hydrogen-bond acceptors (Lipinski definition) is 0. The molecule has 5 fully saturated rings. The van der Waals surface area contributed by atoms with Crippen molar-refractivity contribution in [2.75, 3.05) is 0 Å². The van der Waals surface area contributed by atoms with Crippen molar-refractivity contribution in [2.45, 2.75) is 84.0 Å². The van der Waals surface area contributed by atoms with Crippen LogP contribution in [0.1, 0.15) is 84.0 Å². The van der Waals surface area contributed by atoms with Gasteiger partial charge in [-0.25, -0.2) is 0 Å². The highest BCUT2D eigenvalue weighted by atomic mass is 14.6. The average molecular weight is 272 g/mol. The van der Waals surface area contributed by atoms with Crippen LogP contribution in [0.3, 0.4) is 0 Å². The third-order valence-electron chi connectivity index (χ3n) is 8.97. The third-order valence-corrected chi connectivity index (χ3v) is 8.97. The predicted molar refractivity (Wildman–Crippen MR) is 83.4 cm³/mol. The lowest BCUT2D eigenvalue weighted by Gasteiger charge is -2.55. The van der Waals surface area contributed by atoms with Gasteiger partial charge in [-0.3, -0.25) is 0 Å². The Morgan fingerprint density at radius 3 is 2.45 bits per heavy atom. The molecule has 0 N–H and O–H groups in total. The first-order chi connectivity index (χ1) is 9.69. The van der Waals surface area contributed by atoms with Crippen LogP contribution >= 0.6 is 0 Å². The summed E-state index contributed by atoms with van der Waals surface area (Å²) in [7, 11) is 0. The molecule has 5 aliphatic rings. The Morgan fingerprint density at radius 2 is 1.60 bits per heavy atom. The quantitative estimate of drug-likeness (QED) is 0.522. The zero-order chi connectivity index (χ0) is 13.4. The minimum absolute atomic E-state index is 0.764. The van der Waals surface area contributed by atoms with Crippen molar-refractivity contribution in [3.8, 4) is 0 Å². The summed E-state index contributed by atoms with van der Waals surface area (Å²) in [5.74, 6) is 5.73. The van der Waals surface area contributed by atoms with Crippen molar-refractivity contribution in [2.24, 2.45) is 40.4 Å². The van der Waals surface area contributed by atoms with Gasteiger partial charge in [0.1, 0.15) is 0 Å². The first-order valence-corrected chi connectivity index (χ1v) is 9.69. The lowest BCUT2D eigenvalue weighted by Crippen LogP contribution is -2.47. The Labute approximate surface area is 125 Å². The molecule has 0 radical (unpaired) electrons. The second kappa shape index (κ2) is 4.05. The van der Waals surface area contributed by atoms with Crippen molar-refractivity contribution < 1.29 is 0 Å². The normalized spacial score (nSPS) is 56.0. The van der Waals surface area contributed by atoms with Gasteiger partial charge >= 0.3 is 0 Å². The van der Waals surface area contributed by atoms with Crippen LogP contribution in [-0.2, 0) is 0 Å². The zero-order valence-corrected chi connectivity index (χ0v) is 13.4. The molecule has 0 aromatic carbocycles. The molecule has 5 rings (SSSR count). The molecular formula is C20H32. The van der Waals surface area contributed by atoms with E-state index in [1.165, 1.54) is 0 Å².